The number of terminal acetylenes is 1. The molecular weight excluding hydrogens is 400 g/mol. The lowest BCUT2D eigenvalue weighted by Crippen LogP contribution is -1.97. The first-order valence-electron chi connectivity index (χ1n) is 7.94. The molecule has 0 saturated heterocycles. The van der Waals surface area contributed by atoms with Gasteiger partial charge in [-0.15, -0.1) is 16.6 Å². The summed E-state index contributed by atoms with van der Waals surface area (Å²) >= 11 is 6.73. The first-order valence-corrected chi connectivity index (χ1v) is 9.13. The van der Waals surface area contributed by atoms with Crippen molar-refractivity contribution in [1.29, 1.82) is 0 Å². The molecule has 3 aromatic rings. The lowest BCUT2D eigenvalue weighted by atomic mass is 10.2. The number of rotatable bonds is 7. The normalized spacial score (nSPS) is 11.1. The van der Waals surface area contributed by atoms with Crippen LogP contribution in [0.1, 0.15) is 5.56 Å². The van der Waals surface area contributed by atoms with E-state index in [9.17, 15) is 9.90 Å². The summed E-state index contributed by atoms with van der Waals surface area (Å²) in [5, 5.41) is 18.0. The second kappa shape index (κ2) is 9.13. The Labute approximate surface area is 170 Å². The van der Waals surface area contributed by atoms with Gasteiger partial charge in [0.1, 0.15) is 17.3 Å². The van der Waals surface area contributed by atoms with Gasteiger partial charge in [-0.05, 0) is 59.8 Å². The van der Waals surface area contributed by atoms with Crippen molar-refractivity contribution in [2.45, 2.75) is 5.22 Å². The average Bonchev–Trinajstić information content (AvgIpc) is 3.16. The molecule has 0 unspecified atom stereocenters. The van der Waals surface area contributed by atoms with Crippen molar-refractivity contribution < 1.29 is 19.1 Å². The molecule has 2 aromatic carbocycles. The smallest absolute Gasteiger partial charge is 0.342 e. The molecule has 3 rings (SSSR count). The largest absolute Gasteiger partial charge is 0.481 e. The van der Waals surface area contributed by atoms with E-state index < -0.39 is 5.97 Å². The molecule has 1 heterocycles. The number of aliphatic carboxylic acids is 1. The summed E-state index contributed by atoms with van der Waals surface area (Å²) in [5.41, 5.74) is 1.36. The van der Waals surface area contributed by atoms with E-state index in [-0.39, 0.29) is 22.6 Å². The molecule has 0 bridgehead atoms. The van der Waals surface area contributed by atoms with Crippen LogP contribution >= 0.6 is 23.4 Å². The van der Waals surface area contributed by atoms with Gasteiger partial charge < -0.3 is 14.3 Å². The zero-order valence-electron chi connectivity index (χ0n) is 14.3. The molecule has 0 aliphatic rings. The number of halogens is 1. The molecule has 8 heteroatoms. The second-order valence-electron chi connectivity index (χ2n) is 5.36. The van der Waals surface area contributed by atoms with Crippen LogP contribution in [-0.2, 0) is 4.79 Å². The van der Waals surface area contributed by atoms with Crippen molar-refractivity contribution in [3.63, 3.8) is 0 Å². The molecule has 0 fully saturated rings. The standard InChI is InChI=1S/C20H13ClN2O4S/c1-2-11-26-16-9-3-13(4-10-16)12-17(19(24)25)28-20-23-22-18(27-20)14-5-7-15(21)8-6-14/h1,3-10,12H,11H2,(H,24,25)/b17-12-. The van der Waals surface area contributed by atoms with Gasteiger partial charge in [-0.2, -0.15) is 0 Å². The highest BCUT2D eigenvalue weighted by atomic mass is 35.5. The minimum Gasteiger partial charge on any atom is -0.481 e. The number of ether oxygens (including phenoxy) is 1. The lowest BCUT2D eigenvalue weighted by molar-refractivity contribution is -0.131. The van der Waals surface area contributed by atoms with E-state index in [2.05, 4.69) is 16.1 Å². The molecule has 6 nitrogen and oxygen atoms in total. The number of nitrogens with zero attached hydrogens (tertiary/aromatic N) is 2. The topological polar surface area (TPSA) is 85.5 Å². The van der Waals surface area contributed by atoms with Gasteiger partial charge in [-0.3, -0.25) is 0 Å². The summed E-state index contributed by atoms with van der Waals surface area (Å²) in [7, 11) is 0. The zero-order valence-corrected chi connectivity index (χ0v) is 15.9. The third-order valence-corrected chi connectivity index (χ3v) is 4.51. The number of carbonyl (C=O) groups is 1. The third kappa shape index (κ3) is 5.16. The average molecular weight is 413 g/mol. The number of thioether (sulfide) groups is 1. The zero-order chi connectivity index (χ0) is 19.9. The van der Waals surface area contributed by atoms with Gasteiger partial charge in [-0.25, -0.2) is 4.79 Å². The number of carboxylic acid groups (broad SMARTS) is 1. The van der Waals surface area contributed by atoms with Crippen molar-refractivity contribution in [1.82, 2.24) is 10.2 Å². The second-order valence-corrected chi connectivity index (χ2v) is 6.79. The molecular formula is C20H13ClN2O4S. The van der Waals surface area contributed by atoms with E-state index in [1.807, 2.05) is 0 Å². The summed E-state index contributed by atoms with van der Waals surface area (Å²) in [6, 6.07) is 13.7. The number of hydrogen-bond donors (Lipinski definition) is 1. The molecule has 0 amide bonds. The molecule has 28 heavy (non-hydrogen) atoms. The van der Waals surface area contributed by atoms with Crippen LogP contribution in [0.25, 0.3) is 17.5 Å². The Balaban J connectivity index is 1.76. The number of benzene rings is 2. The molecule has 0 spiro atoms. The molecule has 0 aliphatic carbocycles. The summed E-state index contributed by atoms with van der Waals surface area (Å²) in [5.74, 6) is 2.15. The van der Waals surface area contributed by atoms with Crippen LogP contribution in [0, 0.1) is 12.3 Å². The molecule has 1 aromatic heterocycles. The number of carboxylic acids is 1. The van der Waals surface area contributed by atoms with Gasteiger partial charge in [0.25, 0.3) is 5.22 Å². The maximum absolute atomic E-state index is 11.6. The van der Waals surface area contributed by atoms with E-state index in [1.54, 1.807) is 48.5 Å². The highest BCUT2D eigenvalue weighted by Gasteiger charge is 2.16. The van der Waals surface area contributed by atoms with Gasteiger partial charge in [0.05, 0.1) is 0 Å². The van der Waals surface area contributed by atoms with E-state index in [0.29, 0.717) is 21.9 Å². The van der Waals surface area contributed by atoms with Crippen molar-refractivity contribution in [3.05, 3.63) is 64.0 Å². The molecule has 140 valence electrons. The summed E-state index contributed by atoms with van der Waals surface area (Å²) < 4.78 is 10.8. The summed E-state index contributed by atoms with van der Waals surface area (Å²) in [4.78, 5) is 11.6. The van der Waals surface area contributed by atoms with Gasteiger partial charge in [0.2, 0.25) is 5.89 Å². The predicted molar refractivity (Wildman–Crippen MR) is 107 cm³/mol. The van der Waals surface area contributed by atoms with E-state index in [0.717, 1.165) is 11.8 Å². The fourth-order valence-electron chi connectivity index (χ4n) is 2.13. The highest BCUT2D eigenvalue weighted by molar-refractivity contribution is 8.03. The Morgan fingerprint density at radius 3 is 2.57 bits per heavy atom. The SMILES string of the molecule is C#CCOc1ccc(/C=C(\Sc2nnc(-c3ccc(Cl)cc3)o2)C(=O)O)cc1. The van der Waals surface area contributed by atoms with Gasteiger partial charge in [-0.1, -0.05) is 29.7 Å². The molecule has 1 N–H and O–H groups in total. The van der Waals surface area contributed by atoms with E-state index in [1.165, 1.54) is 6.08 Å². The summed E-state index contributed by atoms with van der Waals surface area (Å²) in [6.07, 6.45) is 6.65. The summed E-state index contributed by atoms with van der Waals surface area (Å²) in [6.45, 7) is 0.165. The molecule has 0 radical (unpaired) electrons. The Kier molecular flexibility index (Phi) is 6.37. The number of aromatic nitrogens is 2. The van der Waals surface area contributed by atoms with Crippen LogP contribution in [0.4, 0.5) is 0 Å². The highest BCUT2D eigenvalue weighted by Crippen LogP contribution is 2.30. The molecule has 0 saturated carbocycles. The molecule has 0 atom stereocenters. The minimum absolute atomic E-state index is 0.0311. The minimum atomic E-state index is -1.11. The van der Waals surface area contributed by atoms with Crippen LogP contribution in [-0.4, -0.2) is 27.9 Å². The Morgan fingerprint density at radius 1 is 1.21 bits per heavy atom. The van der Waals surface area contributed by atoms with Gasteiger partial charge in [0.15, 0.2) is 0 Å². The monoisotopic (exact) mass is 412 g/mol. The van der Waals surface area contributed by atoms with E-state index in [4.69, 9.17) is 27.2 Å². The molecule has 0 aliphatic heterocycles. The fourth-order valence-corrected chi connectivity index (χ4v) is 2.92. The van der Waals surface area contributed by atoms with Crippen molar-refractivity contribution in [3.8, 4) is 29.5 Å². The van der Waals surface area contributed by atoms with Gasteiger partial charge >= 0.3 is 5.97 Å². The third-order valence-electron chi connectivity index (χ3n) is 3.41. The van der Waals surface area contributed by atoms with Crippen LogP contribution in [0.5, 0.6) is 5.75 Å². The first-order chi connectivity index (χ1) is 13.5. The van der Waals surface area contributed by atoms with Gasteiger partial charge in [0, 0.05) is 10.6 Å². The maximum Gasteiger partial charge on any atom is 0.342 e. The Hall–Kier alpha value is -3.21. The van der Waals surface area contributed by atoms with Crippen LogP contribution < -0.4 is 4.74 Å². The fraction of sp³-hybridized carbons (Fsp3) is 0.0500. The van der Waals surface area contributed by atoms with Crippen molar-refractivity contribution >= 4 is 35.4 Å². The Bertz CT molecular complexity index is 1040. The van der Waals surface area contributed by atoms with Crippen LogP contribution in [0.3, 0.4) is 0 Å². The Morgan fingerprint density at radius 2 is 1.93 bits per heavy atom. The van der Waals surface area contributed by atoms with Crippen molar-refractivity contribution in [2.24, 2.45) is 0 Å². The lowest BCUT2D eigenvalue weighted by Gasteiger charge is -2.03. The predicted octanol–water partition coefficient (Wildman–Crippen LogP) is 4.62. The van der Waals surface area contributed by atoms with Crippen LogP contribution in [0.15, 0.2) is 63.1 Å². The number of hydrogen-bond acceptors (Lipinski definition) is 6. The quantitative estimate of drug-likeness (QED) is 0.344. The first kappa shape index (κ1) is 19.5. The maximum atomic E-state index is 11.6. The van der Waals surface area contributed by atoms with Crippen LogP contribution in [0.2, 0.25) is 5.02 Å². The van der Waals surface area contributed by atoms with Crippen molar-refractivity contribution in [2.75, 3.05) is 6.61 Å². The van der Waals surface area contributed by atoms with E-state index >= 15 is 0 Å².